The third kappa shape index (κ3) is 4.44. The summed E-state index contributed by atoms with van der Waals surface area (Å²) in [6, 6.07) is 4.88. The van der Waals surface area contributed by atoms with Crippen LogP contribution in [-0.2, 0) is 0 Å². The fourth-order valence-corrected chi connectivity index (χ4v) is 4.21. The topological polar surface area (TPSA) is 15.3 Å². The lowest BCUT2D eigenvalue weighted by atomic mass is 9.84. The fraction of sp³-hybridized carbons (Fsp3) is 0.647. The Kier molecular flexibility index (Phi) is 5.82. The molecule has 0 saturated heterocycles. The van der Waals surface area contributed by atoms with Crippen molar-refractivity contribution in [1.82, 2.24) is 10.2 Å². The van der Waals surface area contributed by atoms with Crippen LogP contribution in [0.25, 0.3) is 0 Å². The molecule has 0 radical (unpaired) electrons. The highest BCUT2D eigenvalue weighted by molar-refractivity contribution is 7.10. The van der Waals surface area contributed by atoms with Crippen molar-refractivity contribution in [1.29, 1.82) is 0 Å². The van der Waals surface area contributed by atoms with E-state index >= 15 is 0 Å². The van der Waals surface area contributed by atoms with Crippen molar-refractivity contribution < 1.29 is 0 Å². The molecule has 1 aliphatic rings. The average molecular weight is 292 g/mol. The largest absolute Gasteiger partial charge is 0.315 e. The third-order valence-corrected chi connectivity index (χ3v) is 5.12. The molecule has 0 fully saturated rings. The summed E-state index contributed by atoms with van der Waals surface area (Å²) in [5.41, 5.74) is 1.57. The number of hydrogen-bond donors (Lipinski definition) is 1. The Morgan fingerprint density at radius 2 is 2.25 bits per heavy atom. The molecule has 1 heterocycles. The van der Waals surface area contributed by atoms with Crippen molar-refractivity contribution in [2.24, 2.45) is 11.8 Å². The molecule has 0 aliphatic heterocycles. The van der Waals surface area contributed by atoms with Gasteiger partial charge in [0.25, 0.3) is 0 Å². The van der Waals surface area contributed by atoms with Gasteiger partial charge in [-0.05, 0) is 63.7 Å². The van der Waals surface area contributed by atoms with Crippen LogP contribution in [0.15, 0.2) is 29.2 Å². The quantitative estimate of drug-likeness (QED) is 0.799. The van der Waals surface area contributed by atoms with Gasteiger partial charge in [0.15, 0.2) is 0 Å². The summed E-state index contributed by atoms with van der Waals surface area (Å²) in [6.45, 7) is 6.80. The molecule has 1 aromatic rings. The Bertz CT molecular complexity index is 422. The lowest BCUT2D eigenvalue weighted by Gasteiger charge is -2.28. The number of thiophene rings is 1. The van der Waals surface area contributed by atoms with Crippen molar-refractivity contribution in [2.75, 3.05) is 27.2 Å². The molecule has 0 saturated carbocycles. The maximum atomic E-state index is 3.70. The van der Waals surface area contributed by atoms with E-state index in [1.165, 1.54) is 17.7 Å². The van der Waals surface area contributed by atoms with Gasteiger partial charge in [0.1, 0.15) is 0 Å². The summed E-state index contributed by atoms with van der Waals surface area (Å²) >= 11 is 1.86. The second-order valence-electron chi connectivity index (χ2n) is 6.45. The van der Waals surface area contributed by atoms with Crippen LogP contribution in [0.5, 0.6) is 0 Å². The second-order valence-corrected chi connectivity index (χ2v) is 7.43. The molecule has 2 rings (SSSR count). The Morgan fingerprint density at radius 1 is 1.45 bits per heavy atom. The normalized spacial score (nSPS) is 24.8. The van der Waals surface area contributed by atoms with E-state index in [1.54, 1.807) is 5.57 Å². The maximum absolute atomic E-state index is 3.70. The first kappa shape index (κ1) is 15.7. The number of hydrogen-bond acceptors (Lipinski definition) is 3. The molecule has 1 N–H and O–H groups in total. The van der Waals surface area contributed by atoms with Gasteiger partial charge in [-0.25, -0.2) is 0 Å². The number of nitrogens with one attached hydrogen (secondary N) is 1. The van der Waals surface area contributed by atoms with Crippen LogP contribution in [0, 0.1) is 11.8 Å². The van der Waals surface area contributed by atoms with Crippen molar-refractivity contribution in [2.45, 2.75) is 32.7 Å². The summed E-state index contributed by atoms with van der Waals surface area (Å²) in [4.78, 5) is 3.77. The molecule has 20 heavy (non-hydrogen) atoms. The Labute approximate surface area is 127 Å². The molecular formula is C17H28N2S. The summed E-state index contributed by atoms with van der Waals surface area (Å²) in [7, 11) is 4.34. The van der Waals surface area contributed by atoms with E-state index in [0.717, 1.165) is 24.9 Å². The van der Waals surface area contributed by atoms with Crippen LogP contribution in [0.4, 0.5) is 0 Å². The van der Waals surface area contributed by atoms with Gasteiger partial charge >= 0.3 is 0 Å². The lowest BCUT2D eigenvalue weighted by Crippen LogP contribution is -2.34. The van der Waals surface area contributed by atoms with Crippen molar-refractivity contribution in [3.63, 3.8) is 0 Å². The van der Waals surface area contributed by atoms with Crippen LogP contribution in [0.2, 0.25) is 0 Å². The predicted molar refractivity (Wildman–Crippen MR) is 89.3 cm³/mol. The van der Waals surface area contributed by atoms with Crippen LogP contribution < -0.4 is 5.32 Å². The van der Waals surface area contributed by atoms with Crippen molar-refractivity contribution >= 4 is 11.3 Å². The first-order chi connectivity index (χ1) is 9.56. The maximum Gasteiger partial charge on any atom is 0.0561 e. The molecule has 1 aliphatic carbocycles. The molecule has 112 valence electrons. The number of allylic oxidation sites excluding steroid dienone is 2. The Morgan fingerprint density at radius 3 is 2.85 bits per heavy atom. The van der Waals surface area contributed by atoms with Crippen LogP contribution in [-0.4, -0.2) is 32.1 Å². The van der Waals surface area contributed by atoms with Crippen molar-refractivity contribution in [3.05, 3.63) is 34.0 Å². The Hall–Kier alpha value is -0.640. The van der Waals surface area contributed by atoms with Crippen molar-refractivity contribution in [3.8, 4) is 0 Å². The highest BCUT2D eigenvalue weighted by Crippen LogP contribution is 2.27. The second kappa shape index (κ2) is 7.39. The predicted octanol–water partition coefficient (Wildman–Crippen LogP) is 3.93. The van der Waals surface area contributed by atoms with E-state index < -0.39 is 0 Å². The van der Waals surface area contributed by atoms with Gasteiger partial charge in [-0.2, -0.15) is 0 Å². The van der Waals surface area contributed by atoms with Gasteiger partial charge in [-0.3, -0.25) is 0 Å². The fourth-order valence-electron chi connectivity index (χ4n) is 3.28. The number of likely N-dealkylation sites (N-methyl/N-ethyl adjacent to an activating group) is 1. The van der Waals surface area contributed by atoms with E-state index in [0.29, 0.717) is 6.04 Å². The molecule has 0 bridgehead atoms. The SMILES string of the molecule is CC1=CC(C)CC(CNCC(c2cccs2)N(C)C)C1. The average Bonchev–Trinajstić information content (AvgIpc) is 2.86. The van der Waals surface area contributed by atoms with E-state index in [-0.39, 0.29) is 0 Å². The number of nitrogens with zero attached hydrogens (tertiary/aromatic N) is 1. The van der Waals surface area contributed by atoms with Gasteiger partial charge in [0.2, 0.25) is 0 Å². The van der Waals surface area contributed by atoms with Crippen LogP contribution in [0.1, 0.15) is 37.6 Å². The minimum absolute atomic E-state index is 0.493. The zero-order valence-electron chi connectivity index (χ0n) is 13.2. The zero-order chi connectivity index (χ0) is 14.5. The highest BCUT2D eigenvalue weighted by Gasteiger charge is 2.19. The summed E-state index contributed by atoms with van der Waals surface area (Å²) in [5, 5.41) is 5.87. The lowest BCUT2D eigenvalue weighted by molar-refractivity contribution is 0.281. The first-order valence-corrected chi connectivity index (χ1v) is 8.52. The molecule has 0 amide bonds. The van der Waals surface area contributed by atoms with Gasteiger partial charge in [0, 0.05) is 11.4 Å². The van der Waals surface area contributed by atoms with E-state index in [2.05, 4.69) is 61.7 Å². The van der Waals surface area contributed by atoms with Crippen LogP contribution >= 0.6 is 11.3 Å². The minimum Gasteiger partial charge on any atom is -0.315 e. The third-order valence-electron chi connectivity index (χ3n) is 4.15. The summed E-state index contributed by atoms with van der Waals surface area (Å²) < 4.78 is 0. The summed E-state index contributed by atoms with van der Waals surface area (Å²) in [6.07, 6.45) is 5.03. The molecule has 0 aromatic carbocycles. The molecule has 3 atom stereocenters. The standard InChI is InChI=1S/C17H28N2S/c1-13-8-14(2)10-15(9-13)11-18-12-16(19(3)4)17-6-5-7-20-17/h5-8,13,15-16,18H,9-12H2,1-4H3. The van der Waals surface area contributed by atoms with E-state index in [9.17, 15) is 0 Å². The molecular weight excluding hydrogens is 264 g/mol. The van der Waals surface area contributed by atoms with Gasteiger partial charge < -0.3 is 10.2 Å². The molecule has 3 unspecified atom stereocenters. The summed E-state index contributed by atoms with van der Waals surface area (Å²) in [5.74, 6) is 1.55. The molecule has 3 heteroatoms. The smallest absolute Gasteiger partial charge is 0.0561 e. The minimum atomic E-state index is 0.493. The molecule has 1 aromatic heterocycles. The van der Waals surface area contributed by atoms with Crippen LogP contribution in [0.3, 0.4) is 0 Å². The molecule has 0 spiro atoms. The van der Waals surface area contributed by atoms with Gasteiger partial charge in [-0.1, -0.05) is 24.6 Å². The molecule has 2 nitrogen and oxygen atoms in total. The van der Waals surface area contributed by atoms with Gasteiger partial charge in [0.05, 0.1) is 6.04 Å². The number of rotatable bonds is 6. The Balaban J connectivity index is 1.81. The van der Waals surface area contributed by atoms with E-state index in [1.807, 2.05) is 11.3 Å². The van der Waals surface area contributed by atoms with Gasteiger partial charge in [-0.15, -0.1) is 11.3 Å². The van der Waals surface area contributed by atoms with E-state index in [4.69, 9.17) is 0 Å². The monoisotopic (exact) mass is 292 g/mol. The highest BCUT2D eigenvalue weighted by atomic mass is 32.1. The zero-order valence-corrected chi connectivity index (χ0v) is 14.0. The first-order valence-electron chi connectivity index (χ1n) is 7.64.